The molecule has 27 heavy (non-hydrogen) atoms. The van der Waals surface area contributed by atoms with Gasteiger partial charge in [0.05, 0.1) is 5.52 Å². The van der Waals surface area contributed by atoms with Crippen molar-refractivity contribution in [3.63, 3.8) is 0 Å². The lowest BCUT2D eigenvalue weighted by molar-refractivity contribution is 0.131. The molecule has 1 aliphatic rings. The van der Waals surface area contributed by atoms with E-state index in [1.54, 1.807) is 0 Å². The third-order valence-electron chi connectivity index (χ3n) is 5.88. The van der Waals surface area contributed by atoms with Gasteiger partial charge in [0.15, 0.2) is 0 Å². The van der Waals surface area contributed by atoms with Crippen molar-refractivity contribution in [2.24, 2.45) is 5.92 Å². The van der Waals surface area contributed by atoms with Crippen LogP contribution in [0.25, 0.3) is 10.9 Å². The van der Waals surface area contributed by atoms with Gasteiger partial charge in [-0.15, -0.1) is 0 Å². The van der Waals surface area contributed by atoms with Crippen molar-refractivity contribution in [2.75, 3.05) is 13.1 Å². The summed E-state index contributed by atoms with van der Waals surface area (Å²) in [7, 11) is 0. The minimum absolute atomic E-state index is 0.431. The molecule has 2 atom stereocenters. The van der Waals surface area contributed by atoms with Crippen LogP contribution in [0.2, 0.25) is 0 Å². The molecule has 0 saturated carbocycles. The SMILES string of the molecule is Cc1cc(CC2CCCN(C(C)c3ccc4cccnc4c3)C2)cc(C)n1. The summed E-state index contributed by atoms with van der Waals surface area (Å²) in [6.45, 7) is 8.89. The minimum atomic E-state index is 0.431. The number of piperidine rings is 1. The molecule has 1 aliphatic heterocycles. The van der Waals surface area contributed by atoms with Crippen LogP contribution in [-0.2, 0) is 6.42 Å². The molecule has 4 rings (SSSR count). The summed E-state index contributed by atoms with van der Waals surface area (Å²) in [5, 5.41) is 1.22. The lowest BCUT2D eigenvalue weighted by Crippen LogP contribution is -2.38. The molecule has 0 aliphatic carbocycles. The van der Waals surface area contributed by atoms with Gasteiger partial charge in [0.2, 0.25) is 0 Å². The summed E-state index contributed by atoms with van der Waals surface area (Å²) in [6, 6.07) is 15.8. The van der Waals surface area contributed by atoms with E-state index in [1.165, 1.54) is 42.4 Å². The molecule has 3 heteroatoms. The van der Waals surface area contributed by atoms with Crippen LogP contribution >= 0.6 is 0 Å². The van der Waals surface area contributed by atoms with E-state index in [0.717, 1.165) is 29.2 Å². The number of hydrogen-bond acceptors (Lipinski definition) is 3. The van der Waals surface area contributed by atoms with E-state index in [0.29, 0.717) is 6.04 Å². The molecular formula is C24H29N3. The number of likely N-dealkylation sites (tertiary alicyclic amines) is 1. The summed E-state index contributed by atoms with van der Waals surface area (Å²) in [6.07, 6.45) is 5.64. The van der Waals surface area contributed by atoms with Gasteiger partial charge < -0.3 is 0 Å². The van der Waals surface area contributed by atoms with Gasteiger partial charge in [-0.2, -0.15) is 0 Å². The highest BCUT2D eigenvalue weighted by Crippen LogP contribution is 2.29. The van der Waals surface area contributed by atoms with Gasteiger partial charge in [0.1, 0.15) is 0 Å². The predicted molar refractivity (Wildman–Crippen MR) is 112 cm³/mol. The smallest absolute Gasteiger partial charge is 0.0705 e. The van der Waals surface area contributed by atoms with Crippen molar-refractivity contribution >= 4 is 10.9 Å². The molecule has 0 amide bonds. The average molecular weight is 360 g/mol. The first-order valence-electron chi connectivity index (χ1n) is 10.1. The normalized spacial score (nSPS) is 19.3. The summed E-state index contributed by atoms with van der Waals surface area (Å²) < 4.78 is 0. The number of rotatable bonds is 4. The molecule has 0 N–H and O–H groups in total. The third kappa shape index (κ3) is 4.19. The van der Waals surface area contributed by atoms with Crippen LogP contribution in [0.4, 0.5) is 0 Å². The Kier molecular flexibility index (Phi) is 5.22. The van der Waals surface area contributed by atoms with Crippen molar-refractivity contribution < 1.29 is 0 Å². The van der Waals surface area contributed by atoms with Crippen LogP contribution in [0, 0.1) is 19.8 Å². The van der Waals surface area contributed by atoms with E-state index < -0.39 is 0 Å². The molecule has 1 aromatic carbocycles. The Morgan fingerprint density at radius 2 is 1.93 bits per heavy atom. The number of hydrogen-bond donors (Lipinski definition) is 0. The highest BCUT2D eigenvalue weighted by Gasteiger charge is 2.25. The van der Waals surface area contributed by atoms with Gasteiger partial charge in [0, 0.05) is 35.6 Å². The maximum absolute atomic E-state index is 4.53. The molecule has 2 unspecified atom stereocenters. The van der Waals surface area contributed by atoms with Crippen molar-refractivity contribution in [2.45, 2.75) is 46.1 Å². The molecule has 0 bridgehead atoms. The zero-order valence-electron chi connectivity index (χ0n) is 16.7. The second kappa shape index (κ2) is 7.77. The van der Waals surface area contributed by atoms with Crippen LogP contribution < -0.4 is 0 Å². The van der Waals surface area contributed by atoms with Gasteiger partial charge in [-0.3, -0.25) is 14.9 Å². The number of pyridine rings is 2. The van der Waals surface area contributed by atoms with Crippen molar-refractivity contribution in [1.82, 2.24) is 14.9 Å². The van der Waals surface area contributed by atoms with Gasteiger partial charge in [-0.05, 0) is 87.9 Å². The molecule has 0 radical (unpaired) electrons. The van der Waals surface area contributed by atoms with Gasteiger partial charge in [0.25, 0.3) is 0 Å². The highest BCUT2D eigenvalue weighted by atomic mass is 15.2. The van der Waals surface area contributed by atoms with E-state index in [9.17, 15) is 0 Å². The molecule has 3 heterocycles. The lowest BCUT2D eigenvalue weighted by atomic mass is 9.89. The van der Waals surface area contributed by atoms with Crippen LogP contribution in [-0.4, -0.2) is 28.0 Å². The van der Waals surface area contributed by atoms with E-state index in [2.05, 4.69) is 72.0 Å². The Bertz CT molecular complexity index is 914. The monoisotopic (exact) mass is 359 g/mol. The molecule has 2 aromatic heterocycles. The Morgan fingerprint density at radius 1 is 1.11 bits per heavy atom. The number of fused-ring (bicyclic) bond motifs is 1. The van der Waals surface area contributed by atoms with E-state index in [1.807, 2.05) is 12.3 Å². The second-order valence-electron chi connectivity index (χ2n) is 8.10. The van der Waals surface area contributed by atoms with Crippen LogP contribution in [0.1, 0.15) is 48.3 Å². The number of benzene rings is 1. The number of aromatic nitrogens is 2. The predicted octanol–water partition coefficient (Wildman–Crippen LogP) is 5.26. The van der Waals surface area contributed by atoms with Crippen molar-refractivity contribution in [3.05, 3.63) is 71.2 Å². The fourth-order valence-corrected chi connectivity index (χ4v) is 4.54. The maximum Gasteiger partial charge on any atom is 0.0705 e. The first-order chi connectivity index (χ1) is 13.1. The molecule has 3 nitrogen and oxygen atoms in total. The van der Waals surface area contributed by atoms with Gasteiger partial charge in [-0.25, -0.2) is 0 Å². The summed E-state index contributed by atoms with van der Waals surface area (Å²) in [5.74, 6) is 0.723. The fraction of sp³-hybridized carbons (Fsp3) is 0.417. The van der Waals surface area contributed by atoms with Crippen molar-refractivity contribution in [1.29, 1.82) is 0 Å². The van der Waals surface area contributed by atoms with Gasteiger partial charge >= 0.3 is 0 Å². The van der Waals surface area contributed by atoms with Crippen molar-refractivity contribution in [3.8, 4) is 0 Å². The fourth-order valence-electron chi connectivity index (χ4n) is 4.54. The van der Waals surface area contributed by atoms with Gasteiger partial charge in [-0.1, -0.05) is 18.2 Å². The summed E-state index contributed by atoms with van der Waals surface area (Å²) >= 11 is 0. The Hall–Kier alpha value is -2.26. The zero-order chi connectivity index (χ0) is 18.8. The standard InChI is InChI=1S/C24H29N3/c1-17-12-21(13-18(2)26-17)14-20-6-5-11-27(16-20)19(3)23-9-8-22-7-4-10-25-24(22)15-23/h4,7-10,12-13,15,19-20H,5-6,11,14,16H2,1-3H3. The first kappa shape index (κ1) is 18.1. The molecule has 0 spiro atoms. The molecule has 140 valence electrons. The zero-order valence-corrected chi connectivity index (χ0v) is 16.7. The van der Waals surface area contributed by atoms with E-state index in [4.69, 9.17) is 0 Å². The van der Waals surface area contributed by atoms with E-state index >= 15 is 0 Å². The average Bonchev–Trinajstić information content (AvgIpc) is 2.66. The number of aryl methyl sites for hydroxylation is 2. The maximum atomic E-state index is 4.53. The second-order valence-corrected chi connectivity index (χ2v) is 8.10. The largest absolute Gasteiger partial charge is 0.296 e. The quantitative estimate of drug-likeness (QED) is 0.636. The van der Waals surface area contributed by atoms with E-state index in [-0.39, 0.29) is 0 Å². The van der Waals surface area contributed by atoms with Crippen LogP contribution in [0.15, 0.2) is 48.7 Å². The minimum Gasteiger partial charge on any atom is -0.296 e. The Balaban J connectivity index is 1.48. The first-order valence-corrected chi connectivity index (χ1v) is 10.1. The summed E-state index contributed by atoms with van der Waals surface area (Å²) in [5.41, 5.74) is 6.18. The Morgan fingerprint density at radius 3 is 2.74 bits per heavy atom. The lowest BCUT2D eigenvalue weighted by Gasteiger charge is -2.37. The topological polar surface area (TPSA) is 29.0 Å². The number of nitrogens with zero attached hydrogens (tertiary/aromatic N) is 3. The Labute approximate surface area is 162 Å². The molecule has 1 saturated heterocycles. The molecular weight excluding hydrogens is 330 g/mol. The summed E-state index contributed by atoms with van der Waals surface area (Å²) in [4.78, 5) is 11.7. The third-order valence-corrected chi connectivity index (χ3v) is 5.88. The molecule has 1 fully saturated rings. The van der Waals surface area contributed by atoms with Crippen LogP contribution in [0.5, 0.6) is 0 Å². The highest BCUT2D eigenvalue weighted by molar-refractivity contribution is 5.78. The molecule has 3 aromatic rings. The van der Waals surface area contributed by atoms with Crippen LogP contribution in [0.3, 0.4) is 0 Å².